The number of aromatic nitrogens is 5. The Hall–Kier alpha value is -4.40. The summed E-state index contributed by atoms with van der Waals surface area (Å²) in [4.78, 5) is 12.5. The maximum atomic E-state index is 10.9. The van der Waals surface area contributed by atoms with Crippen LogP contribution in [0.25, 0.3) is 27.6 Å². The van der Waals surface area contributed by atoms with Gasteiger partial charge in [0, 0.05) is 5.39 Å². The van der Waals surface area contributed by atoms with Gasteiger partial charge in [-0.3, -0.25) is 9.48 Å². The van der Waals surface area contributed by atoms with Crippen molar-refractivity contribution in [3.05, 3.63) is 72.4 Å². The molecule has 0 amide bonds. The topological polar surface area (TPSA) is 104 Å². The van der Waals surface area contributed by atoms with Crippen LogP contribution in [0.1, 0.15) is 5.56 Å². The van der Waals surface area contributed by atoms with E-state index in [0.717, 1.165) is 33.2 Å². The smallest absolute Gasteiger partial charge is 0.325 e. The number of benzene rings is 3. The quantitative estimate of drug-likeness (QED) is 0.365. The number of hydrogen-bond donors (Lipinski definition) is 1. The van der Waals surface area contributed by atoms with Crippen molar-refractivity contribution in [3.8, 4) is 17.2 Å². The number of carboxylic acid groups (broad SMARTS) is 1. The summed E-state index contributed by atoms with van der Waals surface area (Å²) < 4.78 is 13.3. The van der Waals surface area contributed by atoms with Gasteiger partial charge in [-0.1, -0.05) is 18.2 Å². The molecule has 0 aliphatic heterocycles. The summed E-state index contributed by atoms with van der Waals surface area (Å²) in [5.74, 6) is 0.381. The van der Waals surface area contributed by atoms with Crippen LogP contribution in [0, 0.1) is 6.92 Å². The summed E-state index contributed by atoms with van der Waals surface area (Å²) >= 11 is 0. The summed E-state index contributed by atoms with van der Waals surface area (Å²) in [6.07, 6.45) is 1.63. The van der Waals surface area contributed by atoms with Crippen LogP contribution in [-0.4, -0.2) is 49.1 Å². The van der Waals surface area contributed by atoms with Crippen molar-refractivity contribution in [2.45, 2.75) is 13.5 Å². The third-order valence-corrected chi connectivity index (χ3v) is 5.12. The predicted molar refractivity (Wildman–Crippen MR) is 122 cm³/mol. The Balaban J connectivity index is 1.26. The molecule has 0 bridgehead atoms. The minimum absolute atomic E-state index is 0.183. The van der Waals surface area contributed by atoms with Crippen LogP contribution >= 0.6 is 0 Å². The number of carbonyl (C=O) groups is 1. The lowest BCUT2D eigenvalue weighted by Crippen LogP contribution is -2.11. The van der Waals surface area contributed by atoms with E-state index in [9.17, 15) is 4.79 Å². The fourth-order valence-electron chi connectivity index (χ4n) is 3.59. The number of aryl methyl sites for hydroxylation is 1. The minimum atomic E-state index is -0.939. The average Bonchev–Trinajstić information content (AvgIpc) is 3.41. The van der Waals surface area contributed by atoms with Crippen molar-refractivity contribution in [2.24, 2.45) is 0 Å². The molecule has 0 unspecified atom stereocenters. The number of fused-ring (bicyclic) bond motifs is 2. The second-order valence-electron chi connectivity index (χ2n) is 7.56. The first-order valence-electron chi connectivity index (χ1n) is 10.4. The second-order valence-corrected chi connectivity index (χ2v) is 7.56. The molecule has 0 fully saturated rings. The Labute approximate surface area is 188 Å². The summed E-state index contributed by atoms with van der Waals surface area (Å²) in [7, 11) is 0. The van der Waals surface area contributed by atoms with E-state index in [1.54, 1.807) is 23.1 Å². The van der Waals surface area contributed by atoms with E-state index >= 15 is 0 Å². The lowest BCUT2D eigenvalue weighted by atomic mass is 10.2. The van der Waals surface area contributed by atoms with Gasteiger partial charge < -0.3 is 14.6 Å². The largest absolute Gasteiger partial charge is 0.490 e. The van der Waals surface area contributed by atoms with Crippen LogP contribution in [0.2, 0.25) is 0 Å². The lowest BCUT2D eigenvalue weighted by molar-refractivity contribution is -0.137. The van der Waals surface area contributed by atoms with Gasteiger partial charge in [-0.25, -0.2) is 0 Å². The van der Waals surface area contributed by atoms with Crippen LogP contribution in [0.3, 0.4) is 0 Å². The van der Waals surface area contributed by atoms with Crippen LogP contribution in [0.5, 0.6) is 11.5 Å². The van der Waals surface area contributed by atoms with Crippen LogP contribution < -0.4 is 9.47 Å². The zero-order chi connectivity index (χ0) is 22.8. The molecule has 0 aliphatic carbocycles. The predicted octanol–water partition coefficient (Wildman–Crippen LogP) is 3.62. The summed E-state index contributed by atoms with van der Waals surface area (Å²) in [5.41, 5.74) is 4.21. The molecule has 5 rings (SSSR count). The maximum Gasteiger partial charge on any atom is 0.325 e. The summed E-state index contributed by atoms with van der Waals surface area (Å²) in [6.45, 7) is 2.48. The molecule has 0 radical (unpaired) electrons. The SMILES string of the molecule is Cc1ccc(OCCOc2ccc3c(cnn3CC(=O)O)c2)c(-n2nc3ccccc3n2)c1. The molecule has 166 valence electrons. The molecule has 0 atom stereocenters. The second kappa shape index (κ2) is 8.62. The lowest BCUT2D eigenvalue weighted by Gasteiger charge is -2.12. The molecule has 0 aliphatic rings. The van der Waals surface area contributed by atoms with Crippen molar-refractivity contribution in [3.63, 3.8) is 0 Å². The molecule has 2 heterocycles. The van der Waals surface area contributed by atoms with Crippen molar-refractivity contribution in [1.29, 1.82) is 0 Å². The Morgan fingerprint density at radius 3 is 2.48 bits per heavy atom. The van der Waals surface area contributed by atoms with E-state index in [1.165, 1.54) is 4.68 Å². The Kier molecular flexibility index (Phi) is 5.35. The number of hydrogen-bond acceptors (Lipinski definition) is 6. The van der Waals surface area contributed by atoms with Gasteiger partial charge in [0.05, 0.1) is 11.7 Å². The van der Waals surface area contributed by atoms with Gasteiger partial charge in [0.2, 0.25) is 0 Å². The van der Waals surface area contributed by atoms with Gasteiger partial charge in [-0.05, 0) is 55.0 Å². The first kappa shape index (κ1) is 20.5. The van der Waals surface area contributed by atoms with Gasteiger partial charge in [-0.15, -0.1) is 15.0 Å². The van der Waals surface area contributed by atoms with Crippen molar-refractivity contribution >= 4 is 27.9 Å². The fourth-order valence-corrected chi connectivity index (χ4v) is 3.59. The van der Waals surface area contributed by atoms with Crippen molar-refractivity contribution < 1.29 is 19.4 Å². The Morgan fingerprint density at radius 1 is 0.970 bits per heavy atom. The molecular formula is C24H21N5O4. The van der Waals surface area contributed by atoms with Gasteiger partial charge in [0.15, 0.2) is 0 Å². The molecule has 9 nitrogen and oxygen atoms in total. The van der Waals surface area contributed by atoms with Gasteiger partial charge in [0.25, 0.3) is 0 Å². The van der Waals surface area contributed by atoms with E-state index in [2.05, 4.69) is 15.3 Å². The normalized spacial score (nSPS) is 11.2. The number of nitrogens with zero attached hydrogens (tertiary/aromatic N) is 5. The highest BCUT2D eigenvalue weighted by atomic mass is 16.5. The Morgan fingerprint density at radius 2 is 1.73 bits per heavy atom. The molecule has 5 aromatic rings. The van der Waals surface area contributed by atoms with Crippen LogP contribution in [0.15, 0.2) is 66.9 Å². The molecule has 3 aromatic carbocycles. The highest BCUT2D eigenvalue weighted by Crippen LogP contribution is 2.25. The molecular weight excluding hydrogens is 422 g/mol. The zero-order valence-corrected chi connectivity index (χ0v) is 17.9. The summed E-state index contributed by atoms with van der Waals surface area (Å²) in [5, 5.41) is 23.0. The monoisotopic (exact) mass is 443 g/mol. The highest BCUT2D eigenvalue weighted by molar-refractivity contribution is 5.81. The first-order chi connectivity index (χ1) is 16.1. The molecule has 0 spiro atoms. The van der Waals surface area contributed by atoms with E-state index in [4.69, 9.17) is 14.6 Å². The van der Waals surface area contributed by atoms with E-state index in [0.29, 0.717) is 24.7 Å². The maximum absolute atomic E-state index is 10.9. The number of carboxylic acids is 1. The molecule has 9 heteroatoms. The van der Waals surface area contributed by atoms with E-state index in [1.807, 2.05) is 55.5 Å². The first-order valence-corrected chi connectivity index (χ1v) is 10.4. The summed E-state index contributed by atoms with van der Waals surface area (Å²) in [6, 6.07) is 19.0. The minimum Gasteiger partial charge on any atom is -0.490 e. The number of ether oxygens (including phenoxy) is 2. The third-order valence-electron chi connectivity index (χ3n) is 5.12. The van der Waals surface area contributed by atoms with Crippen molar-refractivity contribution in [2.75, 3.05) is 13.2 Å². The molecule has 33 heavy (non-hydrogen) atoms. The highest BCUT2D eigenvalue weighted by Gasteiger charge is 2.11. The van der Waals surface area contributed by atoms with E-state index < -0.39 is 5.97 Å². The van der Waals surface area contributed by atoms with Gasteiger partial charge >= 0.3 is 5.97 Å². The average molecular weight is 443 g/mol. The van der Waals surface area contributed by atoms with Gasteiger partial charge in [-0.2, -0.15) is 5.10 Å². The molecule has 2 aromatic heterocycles. The molecule has 1 N–H and O–H groups in total. The van der Waals surface area contributed by atoms with Crippen molar-refractivity contribution in [1.82, 2.24) is 24.8 Å². The van der Waals surface area contributed by atoms with E-state index in [-0.39, 0.29) is 6.54 Å². The zero-order valence-electron chi connectivity index (χ0n) is 17.9. The molecule has 0 saturated carbocycles. The molecule has 0 saturated heterocycles. The third kappa shape index (κ3) is 4.33. The standard InChI is InChI=1S/C24H21N5O4/c1-16-6-9-23(22(12-16)29-26-19-4-2-3-5-20(19)27-29)33-11-10-32-18-7-8-21-17(13-18)14-25-28(21)15-24(30)31/h2-9,12-14H,10-11,15H2,1H3,(H,30,31). The van der Waals surface area contributed by atoms with Crippen LogP contribution in [-0.2, 0) is 11.3 Å². The number of rotatable bonds is 8. The Bertz CT molecular complexity index is 1420. The van der Waals surface area contributed by atoms with Gasteiger partial charge in [0.1, 0.15) is 48.0 Å². The number of aliphatic carboxylic acids is 1. The fraction of sp³-hybridized carbons (Fsp3) is 0.167. The van der Waals surface area contributed by atoms with Crippen LogP contribution in [0.4, 0.5) is 0 Å².